The summed E-state index contributed by atoms with van der Waals surface area (Å²) >= 11 is 0. The lowest BCUT2D eigenvalue weighted by Gasteiger charge is -2.19. The third-order valence-electron chi connectivity index (χ3n) is 5.41. The van der Waals surface area contributed by atoms with Crippen LogP contribution in [0.2, 0.25) is 0 Å². The molecule has 4 rings (SSSR count). The van der Waals surface area contributed by atoms with E-state index >= 15 is 0 Å². The number of hydrazine groups is 1. The second-order valence-corrected chi connectivity index (χ2v) is 7.81. The van der Waals surface area contributed by atoms with Crippen LogP contribution in [0.4, 0.5) is 16.2 Å². The summed E-state index contributed by atoms with van der Waals surface area (Å²) in [6.45, 7) is 1.42. The molecule has 2 N–H and O–H groups in total. The molecule has 0 aliphatic heterocycles. The number of Topliss-reactive ketones (excluding diaryl/α,β-unsaturated/α-hetero) is 1. The van der Waals surface area contributed by atoms with Gasteiger partial charge in [0, 0.05) is 28.9 Å². The fourth-order valence-electron chi connectivity index (χ4n) is 3.56. The van der Waals surface area contributed by atoms with Crippen LogP contribution in [0.1, 0.15) is 17.3 Å². The third-order valence-corrected chi connectivity index (χ3v) is 5.41. The van der Waals surface area contributed by atoms with Gasteiger partial charge in [0.1, 0.15) is 11.5 Å². The van der Waals surface area contributed by atoms with Crippen molar-refractivity contribution in [3.8, 4) is 23.0 Å². The smallest absolute Gasteiger partial charge is 0.338 e. The average molecular weight is 501 g/mol. The highest BCUT2D eigenvalue weighted by Crippen LogP contribution is 2.37. The molecule has 1 aromatic heterocycles. The number of hydrogen-bond donors (Lipinski definition) is 2. The number of fused-ring (bicyclic) bond motifs is 1. The number of aromatic nitrogens is 1. The number of ketones is 1. The largest absolute Gasteiger partial charge is 0.493 e. The topological polar surface area (TPSA) is 119 Å². The van der Waals surface area contributed by atoms with E-state index in [9.17, 15) is 14.4 Å². The maximum absolute atomic E-state index is 12.5. The predicted octanol–water partition coefficient (Wildman–Crippen LogP) is 4.95. The number of nitrogens with one attached hydrogen (secondary N) is 2. The van der Waals surface area contributed by atoms with Gasteiger partial charge in [0.2, 0.25) is 6.41 Å². The van der Waals surface area contributed by atoms with Crippen molar-refractivity contribution in [1.29, 1.82) is 0 Å². The molecule has 0 spiro atoms. The average Bonchev–Trinajstić information content (AvgIpc) is 2.92. The fourth-order valence-corrected chi connectivity index (χ4v) is 3.56. The minimum Gasteiger partial charge on any atom is -0.493 e. The van der Waals surface area contributed by atoms with Crippen molar-refractivity contribution in [2.24, 2.45) is 0 Å². The Morgan fingerprint density at radius 1 is 0.919 bits per heavy atom. The van der Waals surface area contributed by atoms with E-state index in [0.717, 1.165) is 10.4 Å². The standard InChI is InChI=1S/C27H24N4O6/c1-17(33)18-5-4-6-20(13-18)31(16-32)30-27(34)29-19-7-9-21(10-8-19)37-24-11-12-28-23-15-26(36-3)25(35-2)14-22(23)24/h4-16H,1-3H3,(H2,29,30,34). The SMILES string of the molecule is COc1cc2nccc(Oc3ccc(NC(=O)NN(C=O)c4cccc(C(C)=O)c4)cc3)c2cc1OC. The van der Waals surface area contributed by atoms with E-state index in [2.05, 4.69) is 15.7 Å². The molecule has 4 aromatic rings. The van der Waals surface area contributed by atoms with Crippen molar-refractivity contribution >= 4 is 40.5 Å². The second-order valence-electron chi connectivity index (χ2n) is 7.81. The molecule has 0 radical (unpaired) electrons. The summed E-state index contributed by atoms with van der Waals surface area (Å²) in [4.78, 5) is 40.0. The van der Waals surface area contributed by atoms with Crippen LogP contribution in [0.25, 0.3) is 10.9 Å². The maximum atomic E-state index is 12.5. The summed E-state index contributed by atoms with van der Waals surface area (Å²) < 4.78 is 16.8. The van der Waals surface area contributed by atoms with Gasteiger partial charge in [-0.1, -0.05) is 12.1 Å². The number of amides is 3. The lowest BCUT2D eigenvalue weighted by Crippen LogP contribution is -2.43. The summed E-state index contributed by atoms with van der Waals surface area (Å²) in [6, 6.07) is 17.7. The Labute approximate surface area is 212 Å². The van der Waals surface area contributed by atoms with Gasteiger partial charge in [0.15, 0.2) is 17.3 Å². The normalized spacial score (nSPS) is 10.4. The van der Waals surface area contributed by atoms with Crippen molar-refractivity contribution < 1.29 is 28.6 Å². The minimum atomic E-state index is -0.643. The molecule has 0 atom stereocenters. The number of anilines is 2. The van der Waals surface area contributed by atoms with E-state index in [4.69, 9.17) is 14.2 Å². The molecule has 10 nitrogen and oxygen atoms in total. The molecular formula is C27H24N4O6. The zero-order valence-electron chi connectivity index (χ0n) is 20.3. The second kappa shape index (κ2) is 11.1. The van der Waals surface area contributed by atoms with E-state index in [0.29, 0.717) is 51.9 Å². The molecule has 10 heteroatoms. The van der Waals surface area contributed by atoms with E-state index in [1.165, 1.54) is 13.0 Å². The highest BCUT2D eigenvalue weighted by Gasteiger charge is 2.13. The molecule has 0 fully saturated rings. The number of carbonyl (C=O) groups excluding carboxylic acids is 3. The van der Waals surface area contributed by atoms with Gasteiger partial charge in [-0.15, -0.1) is 0 Å². The monoisotopic (exact) mass is 500 g/mol. The van der Waals surface area contributed by atoms with Crippen molar-refractivity contribution in [1.82, 2.24) is 10.4 Å². The lowest BCUT2D eigenvalue weighted by molar-refractivity contribution is -0.107. The first kappa shape index (κ1) is 25.0. The van der Waals surface area contributed by atoms with Crippen LogP contribution in [0.15, 0.2) is 72.9 Å². The Morgan fingerprint density at radius 3 is 2.32 bits per heavy atom. The minimum absolute atomic E-state index is 0.155. The number of hydrogen-bond acceptors (Lipinski definition) is 7. The van der Waals surface area contributed by atoms with Crippen LogP contribution in [-0.4, -0.2) is 37.4 Å². The Morgan fingerprint density at radius 2 is 1.65 bits per heavy atom. The first-order chi connectivity index (χ1) is 17.9. The number of methoxy groups -OCH3 is 2. The van der Waals surface area contributed by atoms with E-state index in [-0.39, 0.29) is 5.78 Å². The van der Waals surface area contributed by atoms with Gasteiger partial charge in [0.25, 0.3) is 0 Å². The Balaban J connectivity index is 1.44. The van der Waals surface area contributed by atoms with Gasteiger partial charge in [0.05, 0.1) is 25.4 Å². The first-order valence-corrected chi connectivity index (χ1v) is 11.1. The van der Waals surface area contributed by atoms with Gasteiger partial charge in [-0.05, 0) is 55.5 Å². The zero-order valence-corrected chi connectivity index (χ0v) is 20.3. The summed E-state index contributed by atoms with van der Waals surface area (Å²) in [5, 5.41) is 4.37. The van der Waals surface area contributed by atoms with Gasteiger partial charge in [-0.3, -0.25) is 14.6 Å². The van der Waals surface area contributed by atoms with Crippen molar-refractivity contribution in [2.45, 2.75) is 6.92 Å². The quantitative estimate of drug-likeness (QED) is 0.190. The van der Waals surface area contributed by atoms with Gasteiger partial charge >= 0.3 is 6.03 Å². The molecule has 1 heterocycles. The van der Waals surface area contributed by atoms with Crippen LogP contribution in [-0.2, 0) is 4.79 Å². The van der Waals surface area contributed by atoms with Crippen molar-refractivity contribution in [3.05, 3.63) is 78.5 Å². The third kappa shape index (κ3) is 5.76. The number of benzene rings is 3. The number of ether oxygens (including phenoxy) is 3. The molecule has 0 bridgehead atoms. The molecular weight excluding hydrogens is 476 g/mol. The number of pyridine rings is 1. The van der Waals surface area contributed by atoms with Crippen molar-refractivity contribution in [2.75, 3.05) is 24.5 Å². The molecule has 0 unspecified atom stereocenters. The molecule has 188 valence electrons. The van der Waals surface area contributed by atoms with E-state index in [1.54, 1.807) is 81.1 Å². The van der Waals surface area contributed by atoms with Crippen LogP contribution >= 0.6 is 0 Å². The van der Waals surface area contributed by atoms with Crippen LogP contribution in [0, 0.1) is 0 Å². The van der Waals surface area contributed by atoms with Crippen LogP contribution in [0.3, 0.4) is 0 Å². The Hall–Kier alpha value is -5.12. The number of carbonyl (C=O) groups is 3. The van der Waals surface area contributed by atoms with Gasteiger partial charge in [-0.2, -0.15) is 0 Å². The summed E-state index contributed by atoms with van der Waals surface area (Å²) in [5.74, 6) is 2.06. The zero-order chi connectivity index (χ0) is 26.4. The molecule has 37 heavy (non-hydrogen) atoms. The number of nitrogens with zero attached hydrogens (tertiary/aromatic N) is 2. The van der Waals surface area contributed by atoms with E-state index < -0.39 is 6.03 Å². The van der Waals surface area contributed by atoms with Gasteiger partial charge < -0.3 is 19.5 Å². The molecule has 3 aromatic carbocycles. The highest BCUT2D eigenvalue weighted by molar-refractivity contribution is 5.97. The maximum Gasteiger partial charge on any atom is 0.338 e. The van der Waals surface area contributed by atoms with Crippen molar-refractivity contribution in [3.63, 3.8) is 0 Å². The summed E-state index contributed by atoms with van der Waals surface area (Å²) in [5.41, 5.74) is 4.35. The number of rotatable bonds is 9. The molecule has 0 aliphatic rings. The highest BCUT2D eigenvalue weighted by atomic mass is 16.5. The lowest BCUT2D eigenvalue weighted by atomic mass is 10.1. The molecule has 0 saturated heterocycles. The Bertz CT molecular complexity index is 1460. The summed E-state index contributed by atoms with van der Waals surface area (Å²) in [6.07, 6.45) is 2.08. The molecule has 3 amide bonds. The molecule has 0 aliphatic carbocycles. The summed E-state index contributed by atoms with van der Waals surface area (Å²) in [7, 11) is 3.11. The fraction of sp³-hybridized carbons (Fsp3) is 0.111. The van der Waals surface area contributed by atoms with E-state index in [1.807, 2.05) is 0 Å². The van der Waals surface area contributed by atoms with Crippen LogP contribution < -0.4 is 30.0 Å². The Kier molecular flexibility index (Phi) is 7.48. The predicted molar refractivity (Wildman–Crippen MR) is 139 cm³/mol. The first-order valence-electron chi connectivity index (χ1n) is 11.1. The number of urea groups is 1. The molecule has 0 saturated carbocycles. The van der Waals surface area contributed by atoms with Crippen LogP contribution in [0.5, 0.6) is 23.0 Å². The van der Waals surface area contributed by atoms with Gasteiger partial charge in [-0.25, -0.2) is 15.2 Å².